The second-order valence-electron chi connectivity index (χ2n) is 6.04. The van der Waals surface area contributed by atoms with Crippen molar-refractivity contribution in [2.45, 2.75) is 19.4 Å². The number of unbranched alkanes of at least 4 members (excludes halogenated alkanes) is 1. The predicted octanol–water partition coefficient (Wildman–Crippen LogP) is 1.33. The number of nitrogens with one attached hydrogen (secondary N) is 1. The molecule has 10 heteroatoms. The molecule has 0 aliphatic carbocycles. The fourth-order valence-corrected chi connectivity index (χ4v) is 3.03. The van der Waals surface area contributed by atoms with E-state index in [1.165, 1.54) is 6.33 Å². The van der Waals surface area contributed by atoms with Crippen molar-refractivity contribution in [3.8, 4) is 11.3 Å². The number of aryl methyl sites for hydroxylation is 1. The topological polar surface area (TPSA) is 151 Å². The summed E-state index contributed by atoms with van der Waals surface area (Å²) in [6.07, 6.45) is 3.79. The number of nitrogen functional groups attached to an aromatic ring is 2. The van der Waals surface area contributed by atoms with Gasteiger partial charge in [-0.1, -0.05) is 0 Å². The highest BCUT2D eigenvalue weighted by atomic mass is 16.4. The molecule has 0 radical (unpaired) electrons. The highest BCUT2D eigenvalue weighted by Crippen LogP contribution is 2.32. The zero-order chi connectivity index (χ0) is 18.8. The molecule has 3 aromatic heterocycles. The van der Waals surface area contributed by atoms with Crippen LogP contribution in [0.15, 0.2) is 28.9 Å². The van der Waals surface area contributed by atoms with Gasteiger partial charge in [0.1, 0.15) is 23.4 Å². The van der Waals surface area contributed by atoms with Crippen molar-refractivity contribution in [3.05, 3.63) is 24.5 Å². The summed E-state index contributed by atoms with van der Waals surface area (Å²) in [5.41, 5.74) is 15.1. The summed E-state index contributed by atoms with van der Waals surface area (Å²) in [5, 5.41) is 8.05. The van der Waals surface area contributed by atoms with E-state index in [0.717, 1.165) is 18.4 Å². The molecule has 0 unspecified atom stereocenters. The van der Waals surface area contributed by atoms with E-state index in [4.69, 9.17) is 21.0 Å². The minimum Gasteiger partial charge on any atom is -0.424 e. The second-order valence-corrected chi connectivity index (χ2v) is 6.04. The molecule has 0 atom stereocenters. The summed E-state index contributed by atoms with van der Waals surface area (Å²) in [7, 11) is 0. The van der Waals surface area contributed by atoms with E-state index < -0.39 is 0 Å². The van der Waals surface area contributed by atoms with Gasteiger partial charge in [-0.25, -0.2) is 14.6 Å². The van der Waals surface area contributed by atoms with E-state index in [-0.39, 0.29) is 6.01 Å². The number of carbonyl (C=O) groups excluding carboxylic acids is 1. The van der Waals surface area contributed by atoms with Crippen molar-refractivity contribution < 1.29 is 9.21 Å². The fraction of sp³-hybridized carbons (Fsp3) is 0.235. The lowest BCUT2D eigenvalue weighted by Gasteiger charge is -2.02. The van der Waals surface area contributed by atoms with Gasteiger partial charge in [0.25, 0.3) is 6.01 Å². The Kier molecular flexibility index (Phi) is 4.29. The Balaban J connectivity index is 1.73. The van der Waals surface area contributed by atoms with Crippen LogP contribution in [-0.4, -0.2) is 37.7 Å². The summed E-state index contributed by atoms with van der Waals surface area (Å²) in [5.74, 6) is 0.364. The molecular formula is C17H18N8O2. The number of rotatable bonds is 7. The van der Waals surface area contributed by atoms with E-state index in [1.54, 1.807) is 6.07 Å². The first-order chi connectivity index (χ1) is 13.2. The molecule has 3 heterocycles. The van der Waals surface area contributed by atoms with E-state index in [1.807, 2.05) is 16.8 Å². The number of amides is 1. The minimum absolute atomic E-state index is 0.115. The van der Waals surface area contributed by atoms with Gasteiger partial charge in [-0.3, -0.25) is 4.79 Å². The van der Waals surface area contributed by atoms with Gasteiger partial charge in [0.15, 0.2) is 11.2 Å². The third-order valence-electron chi connectivity index (χ3n) is 4.26. The third-order valence-corrected chi connectivity index (χ3v) is 4.26. The van der Waals surface area contributed by atoms with E-state index >= 15 is 0 Å². The molecule has 0 bridgehead atoms. The Hall–Kier alpha value is -3.69. The van der Waals surface area contributed by atoms with E-state index in [0.29, 0.717) is 53.1 Å². The Morgan fingerprint density at radius 2 is 2.11 bits per heavy atom. The van der Waals surface area contributed by atoms with Gasteiger partial charge in [-0.15, -0.1) is 0 Å². The Morgan fingerprint density at radius 1 is 1.22 bits per heavy atom. The Labute approximate surface area is 153 Å². The first-order valence-corrected chi connectivity index (χ1v) is 8.48. The smallest absolute Gasteiger partial charge is 0.292 e. The number of benzene rings is 1. The Bertz CT molecular complexity index is 1120. The van der Waals surface area contributed by atoms with Crippen LogP contribution in [0.25, 0.3) is 33.4 Å². The average molecular weight is 366 g/mol. The van der Waals surface area contributed by atoms with Gasteiger partial charge in [0.2, 0.25) is 6.41 Å². The monoisotopic (exact) mass is 366 g/mol. The van der Waals surface area contributed by atoms with Crippen molar-refractivity contribution in [2.24, 2.45) is 0 Å². The van der Waals surface area contributed by atoms with Crippen LogP contribution >= 0.6 is 0 Å². The quantitative estimate of drug-likeness (QED) is 0.327. The number of aromatic nitrogens is 5. The number of hydrogen-bond donors (Lipinski definition) is 3. The first-order valence-electron chi connectivity index (χ1n) is 8.48. The molecule has 0 spiro atoms. The lowest BCUT2D eigenvalue weighted by Crippen LogP contribution is -2.13. The molecule has 0 aliphatic heterocycles. The number of carbonyl (C=O) groups is 1. The zero-order valence-corrected chi connectivity index (χ0v) is 14.4. The van der Waals surface area contributed by atoms with Crippen molar-refractivity contribution in [1.82, 2.24) is 30.0 Å². The van der Waals surface area contributed by atoms with Gasteiger partial charge in [-0.2, -0.15) is 10.1 Å². The van der Waals surface area contributed by atoms with Crippen molar-refractivity contribution in [3.63, 3.8) is 0 Å². The minimum atomic E-state index is 0.115. The molecule has 138 valence electrons. The van der Waals surface area contributed by atoms with Crippen molar-refractivity contribution >= 4 is 40.4 Å². The lowest BCUT2D eigenvalue weighted by atomic mass is 10.1. The van der Waals surface area contributed by atoms with Crippen LogP contribution in [0.3, 0.4) is 0 Å². The molecule has 1 amide bonds. The maximum absolute atomic E-state index is 10.3. The number of nitrogens with two attached hydrogens (primary N) is 2. The number of anilines is 2. The van der Waals surface area contributed by atoms with Crippen LogP contribution in [0, 0.1) is 0 Å². The second kappa shape index (κ2) is 6.90. The summed E-state index contributed by atoms with van der Waals surface area (Å²) in [6.45, 7) is 1.27. The third kappa shape index (κ3) is 3.12. The van der Waals surface area contributed by atoms with Crippen molar-refractivity contribution in [2.75, 3.05) is 18.0 Å². The SMILES string of the molecule is Nc1nc2cc(-c3nn(CCCCNC=O)c4ncnc(N)c34)ccc2o1. The summed E-state index contributed by atoms with van der Waals surface area (Å²) in [6, 6.07) is 5.63. The standard InChI is InChI=1S/C17H18N8O2/c18-15-13-14(10-3-4-12-11(7-10)23-17(19)27-12)24-25(16(13)22-8-21-15)6-2-1-5-20-9-26/h3-4,7-9H,1-2,5-6H2,(H2,19,23)(H,20,26)(H2,18,21,22). The van der Waals surface area contributed by atoms with Gasteiger partial charge in [0.05, 0.1) is 5.39 Å². The predicted molar refractivity (Wildman–Crippen MR) is 100 cm³/mol. The number of hydrogen-bond acceptors (Lipinski definition) is 8. The molecule has 27 heavy (non-hydrogen) atoms. The fourth-order valence-electron chi connectivity index (χ4n) is 3.03. The summed E-state index contributed by atoms with van der Waals surface area (Å²) >= 11 is 0. The van der Waals surface area contributed by atoms with Crippen LogP contribution in [0.2, 0.25) is 0 Å². The first kappa shape index (κ1) is 16.8. The lowest BCUT2D eigenvalue weighted by molar-refractivity contribution is -0.109. The van der Waals surface area contributed by atoms with Crippen LogP contribution in [0.1, 0.15) is 12.8 Å². The number of nitrogens with zero attached hydrogens (tertiary/aromatic N) is 5. The summed E-state index contributed by atoms with van der Waals surface area (Å²) in [4.78, 5) is 22.9. The average Bonchev–Trinajstić information content (AvgIpc) is 3.21. The van der Waals surface area contributed by atoms with E-state index in [9.17, 15) is 4.79 Å². The number of fused-ring (bicyclic) bond motifs is 2. The molecule has 0 saturated carbocycles. The molecule has 10 nitrogen and oxygen atoms in total. The molecule has 0 saturated heterocycles. The van der Waals surface area contributed by atoms with E-state index in [2.05, 4.69) is 20.3 Å². The Morgan fingerprint density at radius 3 is 2.96 bits per heavy atom. The van der Waals surface area contributed by atoms with Gasteiger partial charge in [0, 0.05) is 18.7 Å². The largest absolute Gasteiger partial charge is 0.424 e. The van der Waals surface area contributed by atoms with Gasteiger partial charge >= 0.3 is 0 Å². The summed E-state index contributed by atoms with van der Waals surface area (Å²) < 4.78 is 7.13. The molecule has 4 aromatic rings. The number of oxazole rings is 1. The maximum atomic E-state index is 10.3. The highest BCUT2D eigenvalue weighted by Gasteiger charge is 2.17. The molecule has 0 fully saturated rings. The normalized spacial score (nSPS) is 11.3. The molecule has 5 N–H and O–H groups in total. The van der Waals surface area contributed by atoms with Crippen LogP contribution in [0.5, 0.6) is 0 Å². The highest BCUT2D eigenvalue weighted by molar-refractivity contribution is 5.99. The van der Waals surface area contributed by atoms with Crippen LogP contribution in [0.4, 0.5) is 11.8 Å². The zero-order valence-electron chi connectivity index (χ0n) is 14.4. The van der Waals surface area contributed by atoms with Gasteiger partial charge in [-0.05, 0) is 31.0 Å². The maximum Gasteiger partial charge on any atom is 0.292 e. The van der Waals surface area contributed by atoms with Gasteiger partial charge < -0.3 is 21.2 Å². The van der Waals surface area contributed by atoms with Crippen LogP contribution < -0.4 is 16.8 Å². The van der Waals surface area contributed by atoms with Crippen molar-refractivity contribution in [1.29, 1.82) is 0 Å². The molecule has 1 aromatic carbocycles. The van der Waals surface area contributed by atoms with Crippen LogP contribution in [-0.2, 0) is 11.3 Å². The molecule has 0 aliphatic rings. The molecule has 4 rings (SSSR count). The molecular weight excluding hydrogens is 348 g/mol.